The normalized spacial score (nSPS) is 18.4. The summed E-state index contributed by atoms with van der Waals surface area (Å²) in [5.74, 6) is 0.277. The first-order valence-electron chi connectivity index (χ1n) is 5.19. The molecule has 0 aromatic rings. The minimum Gasteiger partial charge on any atom is -0.342 e. The fourth-order valence-corrected chi connectivity index (χ4v) is 1.66. The Balaban J connectivity index is 2.53. The van der Waals surface area contributed by atoms with Gasteiger partial charge in [-0.15, -0.1) is 0 Å². The van der Waals surface area contributed by atoms with Gasteiger partial charge in [-0.3, -0.25) is 4.79 Å². The fraction of sp³-hybridized carbons (Fsp3) is 0.900. The molecule has 0 atom stereocenters. The lowest BCUT2D eigenvalue weighted by atomic mass is 10.1. The smallest absolute Gasteiger partial charge is 0.230 e. The number of nitrogens with two attached hydrogens (primary N) is 1. The first kappa shape index (κ1) is 10.5. The number of hydrogen-bond acceptors (Lipinski definition) is 2. The first-order valence-corrected chi connectivity index (χ1v) is 5.19. The van der Waals surface area contributed by atoms with Crippen LogP contribution in [0, 0.1) is 5.41 Å². The van der Waals surface area contributed by atoms with Gasteiger partial charge in [-0.1, -0.05) is 6.92 Å². The first-order chi connectivity index (χ1) is 6.20. The van der Waals surface area contributed by atoms with Gasteiger partial charge in [0, 0.05) is 19.6 Å². The maximum Gasteiger partial charge on any atom is 0.230 e. The molecule has 1 rings (SSSR count). The molecule has 0 unspecified atom stereocenters. The minimum absolute atomic E-state index is 0.162. The van der Waals surface area contributed by atoms with Gasteiger partial charge in [0.25, 0.3) is 0 Å². The van der Waals surface area contributed by atoms with Crippen molar-refractivity contribution in [2.75, 3.05) is 19.6 Å². The van der Waals surface area contributed by atoms with Gasteiger partial charge in [0.05, 0.1) is 5.41 Å². The molecule has 76 valence electrons. The van der Waals surface area contributed by atoms with Crippen LogP contribution >= 0.6 is 0 Å². The van der Waals surface area contributed by atoms with E-state index in [1.807, 2.05) is 11.8 Å². The zero-order chi connectivity index (χ0) is 9.90. The van der Waals surface area contributed by atoms with E-state index in [-0.39, 0.29) is 11.3 Å². The molecule has 1 aliphatic carbocycles. The third-order valence-electron chi connectivity index (χ3n) is 2.86. The van der Waals surface area contributed by atoms with Crippen molar-refractivity contribution in [3.63, 3.8) is 0 Å². The lowest BCUT2D eigenvalue weighted by Crippen LogP contribution is -2.40. The van der Waals surface area contributed by atoms with Gasteiger partial charge in [-0.05, 0) is 26.2 Å². The molecule has 0 bridgehead atoms. The lowest BCUT2D eigenvalue weighted by molar-refractivity contribution is -0.136. The zero-order valence-corrected chi connectivity index (χ0v) is 8.68. The van der Waals surface area contributed by atoms with Gasteiger partial charge in [-0.2, -0.15) is 0 Å². The molecule has 0 saturated heterocycles. The second kappa shape index (κ2) is 4.09. The van der Waals surface area contributed by atoms with Crippen LogP contribution in [0.1, 0.15) is 33.1 Å². The summed E-state index contributed by atoms with van der Waals surface area (Å²) >= 11 is 0. The standard InChI is InChI=1S/C10H20N2O/c1-3-7-12(4-2)9(13)10(8-11)5-6-10/h3-8,11H2,1-2H3. The highest BCUT2D eigenvalue weighted by atomic mass is 16.2. The summed E-state index contributed by atoms with van der Waals surface area (Å²) in [7, 11) is 0. The summed E-state index contributed by atoms with van der Waals surface area (Å²) in [5, 5.41) is 0. The van der Waals surface area contributed by atoms with E-state index in [0.29, 0.717) is 6.54 Å². The van der Waals surface area contributed by atoms with Gasteiger partial charge >= 0.3 is 0 Å². The Labute approximate surface area is 80.3 Å². The second-order valence-corrected chi connectivity index (χ2v) is 3.87. The van der Waals surface area contributed by atoms with Crippen LogP contribution in [0.25, 0.3) is 0 Å². The van der Waals surface area contributed by atoms with Gasteiger partial charge in [0.15, 0.2) is 0 Å². The summed E-state index contributed by atoms with van der Waals surface area (Å²) in [4.78, 5) is 13.9. The van der Waals surface area contributed by atoms with Crippen molar-refractivity contribution in [1.82, 2.24) is 4.90 Å². The summed E-state index contributed by atoms with van der Waals surface area (Å²) in [6, 6.07) is 0. The molecular weight excluding hydrogens is 164 g/mol. The SMILES string of the molecule is CCCN(CC)C(=O)C1(CN)CC1. The van der Waals surface area contributed by atoms with Gasteiger partial charge < -0.3 is 10.6 Å². The van der Waals surface area contributed by atoms with Crippen molar-refractivity contribution in [3.8, 4) is 0 Å². The van der Waals surface area contributed by atoms with E-state index >= 15 is 0 Å². The average molecular weight is 184 g/mol. The van der Waals surface area contributed by atoms with Crippen LogP contribution in [0.5, 0.6) is 0 Å². The van der Waals surface area contributed by atoms with Crippen molar-refractivity contribution in [3.05, 3.63) is 0 Å². The molecule has 0 spiro atoms. The molecule has 3 heteroatoms. The van der Waals surface area contributed by atoms with E-state index in [4.69, 9.17) is 5.73 Å². The Bertz CT molecular complexity index is 187. The molecular formula is C10H20N2O. The average Bonchev–Trinajstić information content (AvgIpc) is 2.93. The number of hydrogen-bond donors (Lipinski definition) is 1. The monoisotopic (exact) mass is 184 g/mol. The van der Waals surface area contributed by atoms with E-state index in [1.54, 1.807) is 0 Å². The molecule has 1 aliphatic rings. The van der Waals surface area contributed by atoms with Crippen LogP contribution in [0.2, 0.25) is 0 Å². The molecule has 0 aromatic heterocycles. The maximum atomic E-state index is 11.9. The van der Waals surface area contributed by atoms with Crippen LogP contribution in [0.15, 0.2) is 0 Å². The van der Waals surface area contributed by atoms with Crippen molar-refractivity contribution in [2.45, 2.75) is 33.1 Å². The van der Waals surface area contributed by atoms with E-state index in [1.165, 1.54) is 0 Å². The number of amides is 1. The van der Waals surface area contributed by atoms with Gasteiger partial charge in [0.1, 0.15) is 0 Å². The lowest BCUT2D eigenvalue weighted by Gasteiger charge is -2.24. The molecule has 2 N–H and O–H groups in total. The van der Waals surface area contributed by atoms with Crippen molar-refractivity contribution in [1.29, 1.82) is 0 Å². The molecule has 3 nitrogen and oxygen atoms in total. The molecule has 13 heavy (non-hydrogen) atoms. The second-order valence-electron chi connectivity index (χ2n) is 3.87. The molecule has 0 aromatic carbocycles. The molecule has 0 aliphatic heterocycles. The van der Waals surface area contributed by atoms with Crippen LogP contribution < -0.4 is 5.73 Å². The molecule has 1 saturated carbocycles. The third-order valence-corrected chi connectivity index (χ3v) is 2.86. The number of carbonyl (C=O) groups is 1. The van der Waals surface area contributed by atoms with Crippen molar-refractivity contribution < 1.29 is 4.79 Å². The highest BCUT2D eigenvalue weighted by Crippen LogP contribution is 2.46. The summed E-state index contributed by atoms with van der Waals surface area (Å²) in [6.45, 7) is 6.33. The van der Waals surface area contributed by atoms with Gasteiger partial charge in [0.2, 0.25) is 5.91 Å². The van der Waals surface area contributed by atoms with Crippen LogP contribution in [-0.4, -0.2) is 30.4 Å². The van der Waals surface area contributed by atoms with E-state index in [9.17, 15) is 4.79 Å². The summed E-state index contributed by atoms with van der Waals surface area (Å²) in [6.07, 6.45) is 3.01. The van der Waals surface area contributed by atoms with Crippen LogP contribution in [-0.2, 0) is 4.79 Å². The zero-order valence-electron chi connectivity index (χ0n) is 8.68. The topological polar surface area (TPSA) is 46.3 Å². The van der Waals surface area contributed by atoms with Crippen molar-refractivity contribution in [2.24, 2.45) is 11.1 Å². The Morgan fingerprint density at radius 1 is 1.46 bits per heavy atom. The molecule has 0 radical (unpaired) electrons. The summed E-state index contributed by atoms with van der Waals surface area (Å²) in [5.41, 5.74) is 5.45. The highest BCUT2D eigenvalue weighted by Gasteiger charge is 2.49. The number of carbonyl (C=O) groups excluding carboxylic acids is 1. The van der Waals surface area contributed by atoms with Crippen LogP contribution in [0.3, 0.4) is 0 Å². The Morgan fingerprint density at radius 2 is 2.08 bits per heavy atom. The predicted octanol–water partition coefficient (Wildman–Crippen LogP) is 0.984. The fourth-order valence-electron chi connectivity index (χ4n) is 1.66. The summed E-state index contributed by atoms with van der Waals surface area (Å²) < 4.78 is 0. The van der Waals surface area contributed by atoms with E-state index < -0.39 is 0 Å². The molecule has 1 amide bonds. The predicted molar refractivity (Wildman–Crippen MR) is 53.3 cm³/mol. The minimum atomic E-state index is -0.162. The maximum absolute atomic E-state index is 11.9. The molecule has 1 fully saturated rings. The van der Waals surface area contributed by atoms with Crippen LogP contribution in [0.4, 0.5) is 0 Å². The van der Waals surface area contributed by atoms with Gasteiger partial charge in [-0.25, -0.2) is 0 Å². The Hall–Kier alpha value is -0.570. The highest BCUT2D eigenvalue weighted by molar-refractivity contribution is 5.85. The quantitative estimate of drug-likeness (QED) is 0.692. The van der Waals surface area contributed by atoms with E-state index in [2.05, 4.69) is 6.92 Å². The molecule has 0 heterocycles. The van der Waals surface area contributed by atoms with E-state index in [0.717, 1.165) is 32.4 Å². The largest absolute Gasteiger partial charge is 0.342 e. The number of rotatable bonds is 5. The third kappa shape index (κ3) is 2.02. The van der Waals surface area contributed by atoms with Crippen molar-refractivity contribution >= 4 is 5.91 Å². The Morgan fingerprint density at radius 3 is 2.38 bits per heavy atom. The Kier molecular flexibility index (Phi) is 3.31. The number of nitrogens with zero attached hydrogens (tertiary/aromatic N) is 1.